The number of amides is 1. The molecule has 0 saturated carbocycles. The second-order valence-corrected chi connectivity index (χ2v) is 7.46. The van der Waals surface area contributed by atoms with Crippen LogP contribution in [0.15, 0.2) is 41.4 Å². The number of rotatable bonds is 5. The predicted octanol–water partition coefficient (Wildman–Crippen LogP) is 3.31. The van der Waals surface area contributed by atoms with Crippen LogP contribution in [-0.4, -0.2) is 36.3 Å². The molecule has 0 saturated heterocycles. The quantitative estimate of drug-likeness (QED) is 0.581. The van der Waals surface area contributed by atoms with E-state index in [2.05, 4.69) is 4.99 Å². The standard InChI is InChI=1S/C21H19FN2O5S/c1-2-27-19(25)7-8-24-15-11-16-17(29-10-9-28-16)12-18(15)30-21(24)23-20(26)13-5-3-4-6-14(13)22/h3-6,11-12H,2,7-10H2,1H3. The van der Waals surface area contributed by atoms with E-state index in [1.165, 1.54) is 29.5 Å². The van der Waals surface area contributed by atoms with Crippen LogP contribution in [0.1, 0.15) is 23.7 Å². The summed E-state index contributed by atoms with van der Waals surface area (Å²) in [7, 11) is 0. The van der Waals surface area contributed by atoms with E-state index in [1.807, 2.05) is 6.07 Å². The lowest BCUT2D eigenvalue weighted by Gasteiger charge is -2.18. The summed E-state index contributed by atoms with van der Waals surface area (Å²) in [6.45, 7) is 3.17. The van der Waals surface area contributed by atoms with Crippen molar-refractivity contribution in [1.82, 2.24) is 4.57 Å². The fourth-order valence-electron chi connectivity index (χ4n) is 3.13. The number of ether oxygens (including phenoxy) is 3. The zero-order valence-corrected chi connectivity index (χ0v) is 17.0. The van der Waals surface area contributed by atoms with E-state index >= 15 is 0 Å². The van der Waals surface area contributed by atoms with Gasteiger partial charge in [-0.3, -0.25) is 9.59 Å². The van der Waals surface area contributed by atoms with Crippen LogP contribution in [0.3, 0.4) is 0 Å². The molecule has 0 bridgehead atoms. The predicted molar refractivity (Wildman–Crippen MR) is 108 cm³/mol. The zero-order valence-electron chi connectivity index (χ0n) is 16.2. The van der Waals surface area contributed by atoms with Crippen LogP contribution < -0.4 is 14.3 Å². The van der Waals surface area contributed by atoms with Crippen molar-refractivity contribution in [2.75, 3.05) is 19.8 Å². The largest absolute Gasteiger partial charge is 0.486 e. The highest BCUT2D eigenvalue weighted by Crippen LogP contribution is 2.35. The van der Waals surface area contributed by atoms with Crippen molar-refractivity contribution in [2.45, 2.75) is 19.9 Å². The molecule has 1 amide bonds. The number of esters is 1. The van der Waals surface area contributed by atoms with Crippen molar-refractivity contribution < 1.29 is 28.2 Å². The molecule has 7 nitrogen and oxygen atoms in total. The number of hydrogen-bond acceptors (Lipinski definition) is 6. The number of hydrogen-bond donors (Lipinski definition) is 0. The molecule has 2 heterocycles. The molecular formula is C21H19FN2O5S. The van der Waals surface area contributed by atoms with Crippen molar-refractivity contribution in [3.05, 3.63) is 52.6 Å². The molecule has 156 valence electrons. The number of carbonyl (C=O) groups excluding carboxylic acids is 2. The summed E-state index contributed by atoms with van der Waals surface area (Å²) in [4.78, 5) is 29.0. The van der Waals surface area contributed by atoms with Gasteiger partial charge in [0.25, 0.3) is 5.91 Å². The van der Waals surface area contributed by atoms with E-state index in [9.17, 15) is 14.0 Å². The van der Waals surface area contributed by atoms with Crippen LogP contribution in [0.5, 0.6) is 11.5 Å². The third kappa shape index (κ3) is 4.06. The minimum absolute atomic E-state index is 0.106. The molecule has 1 aliphatic heterocycles. The molecule has 0 fully saturated rings. The van der Waals surface area contributed by atoms with Gasteiger partial charge >= 0.3 is 5.97 Å². The van der Waals surface area contributed by atoms with Gasteiger partial charge in [0.15, 0.2) is 16.3 Å². The van der Waals surface area contributed by atoms with Gasteiger partial charge in [0.1, 0.15) is 19.0 Å². The third-order valence-corrected chi connectivity index (χ3v) is 5.53. The Hall–Kier alpha value is -3.20. The fourth-order valence-corrected chi connectivity index (χ4v) is 4.19. The first kappa shape index (κ1) is 20.1. The van der Waals surface area contributed by atoms with E-state index in [1.54, 1.807) is 23.6 Å². The highest BCUT2D eigenvalue weighted by atomic mass is 32.1. The first-order valence-corrected chi connectivity index (χ1v) is 10.3. The molecule has 0 unspecified atom stereocenters. The minimum Gasteiger partial charge on any atom is -0.486 e. The molecule has 9 heteroatoms. The Morgan fingerprint density at radius 2 is 1.93 bits per heavy atom. The molecule has 2 aromatic carbocycles. The number of benzene rings is 2. The smallest absolute Gasteiger partial charge is 0.307 e. The molecule has 30 heavy (non-hydrogen) atoms. The lowest BCUT2D eigenvalue weighted by Crippen LogP contribution is -2.20. The Bertz CT molecular complexity index is 1180. The van der Waals surface area contributed by atoms with Gasteiger partial charge in [-0.25, -0.2) is 4.39 Å². The highest BCUT2D eigenvalue weighted by molar-refractivity contribution is 7.16. The summed E-state index contributed by atoms with van der Waals surface area (Å²) in [5.74, 6) is -0.485. The van der Waals surface area contributed by atoms with E-state index in [-0.39, 0.29) is 31.1 Å². The van der Waals surface area contributed by atoms with Gasteiger partial charge in [-0.1, -0.05) is 23.5 Å². The second kappa shape index (κ2) is 8.66. The molecule has 0 aliphatic carbocycles. The van der Waals surface area contributed by atoms with Crippen molar-refractivity contribution >= 4 is 33.4 Å². The Labute approximate surface area is 175 Å². The second-order valence-electron chi connectivity index (χ2n) is 6.45. The number of aryl methyl sites for hydroxylation is 1. The van der Waals surface area contributed by atoms with Crippen molar-refractivity contribution in [3.8, 4) is 11.5 Å². The van der Waals surface area contributed by atoms with Crippen LogP contribution in [-0.2, 0) is 16.1 Å². The normalized spacial score (nSPS) is 13.5. The number of carbonyl (C=O) groups is 2. The first-order valence-electron chi connectivity index (χ1n) is 9.49. The first-order chi connectivity index (χ1) is 14.6. The summed E-state index contributed by atoms with van der Waals surface area (Å²) < 4.78 is 32.9. The van der Waals surface area contributed by atoms with E-state index < -0.39 is 11.7 Å². The summed E-state index contributed by atoms with van der Waals surface area (Å²) in [5, 5.41) is 0. The SMILES string of the molecule is CCOC(=O)CCn1c(=NC(=O)c2ccccc2F)sc2cc3c(cc21)OCCO3. The van der Waals surface area contributed by atoms with Crippen LogP contribution >= 0.6 is 11.3 Å². The molecular weight excluding hydrogens is 411 g/mol. The lowest BCUT2D eigenvalue weighted by atomic mass is 10.2. The molecule has 0 radical (unpaired) electrons. The van der Waals surface area contributed by atoms with Crippen molar-refractivity contribution in [3.63, 3.8) is 0 Å². The molecule has 3 aromatic rings. The molecule has 0 atom stereocenters. The maximum absolute atomic E-state index is 14.0. The summed E-state index contributed by atoms with van der Waals surface area (Å²) in [6.07, 6.45) is 0.106. The molecule has 1 aromatic heterocycles. The maximum Gasteiger partial charge on any atom is 0.307 e. The van der Waals surface area contributed by atoms with Gasteiger partial charge < -0.3 is 18.8 Å². The van der Waals surface area contributed by atoms with Gasteiger partial charge in [-0.05, 0) is 19.1 Å². The lowest BCUT2D eigenvalue weighted by molar-refractivity contribution is -0.143. The van der Waals surface area contributed by atoms with Gasteiger partial charge in [0.05, 0.1) is 28.8 Å². The number of halogens is 1. The van der Waals surface area contributed by atoms with Crippen LogP contribution in [0.25, 0.3) is 10.2 Å². The average Bonchev–Trinajstić information content (AvgIpc) is 3.06. The van der Waals surface area contributed by atoms with Gasteiger partial charge in [0.2, 0.25) is 0 Å². The Balaban J connectivity index is 1.80. The molecule has 4 rings (SSSR count). The number of fused-ring (bicyclic) bond motifs is 2. The third-order valence-electron chi connectivity index (χ3n) is 4.49. The summed E-state index contributed by atoms with van der Waals surface area (Å²) in [5.41, 5.74) is 0.631. The van der Waals surface area contributed by atoms with E-state index in [4.69, 9.17) is 14.2 Å². The topological polar surface area (TPSA) is 79.1 Å². The maximum atomic E-state index is 14.0. The zero-order chi connectivity index (χ0) is 21.1. The van der Waals surface area contributed by atoms with E-state index in [0.29, 0.717) is 29.5 Å². The van der Waals surface area contributed by atoms with Crippen LogP contribution in [0.4, 0.5) is 4.39 Å². The fraction of sp³-hybridized carbons (Fsp3) is 0.286. The average molecular weight is 430 g/mol. The molecule has 1 aliphatic rings. The minimum atomic E-state index is -0.693. The van der Waals surface area contributed by atoms with E-state index in [0.717, 1.165) is 10.2 Å². The van der Waals surface area contributed by atoms with Crippen LogP contribution in [0.2, 0.25) is 0 Å². The highest BCUT2D eigenvalue weighted by Gasteiger charge is 2.18. The van der Waals surface area contributed by atoms with Gasteiger partial charge in [-0.2, -0.15) is 4.99 Å². The molecule has 0 N–H and O–H groups in total. The summed E-state index contributed by atoms with van der Waals surface area (Å²) in [6, 6.07) is 9.31. The van der Waals surface area contributed by atoms with Crippen LogP contribution in [0, 0.1) is 5.82 Å². The Morgan fingerprint density at radius 1 is 1.20 bits per heavy atom. The Morgan fingerprint density at radius 3 is 2.67 bits per heavy atom. The molecule has 0 spiro atoms. The van der Waals surface area contributed by atoms with Gasteiger partial charge in [0, 0.05) is 18.7 Å². The van der Waals surface area contributed by atoms with Crippen molar-refractivity contribution in [1.29, 1.82) is 0 Å². The number of aromatic nitrogens is 1. The monoisotopic (exact) mass is 430 g/mol. The number of thiazole rings is 1. The van der Waals surface area contributed by atoms with Crippen molar-refractivity contribution in [2.24, 2.45) is 4.99 Å². The van der Waals surface area contributed by atoms with Gasteiger partial charge in [-0.15, -0.1) is 0 Å². The Kier molecular flexibility index (Phi) is 5.80. The summed E-state index contributed by atoms with van der Waals surface area (Å²) >= 11 is 1.26. The number of nitrogens with zero attached hydrogens (tertiary/aromatic N) is 2.